The third-order valence-corrected chi connectivity index (χ3v) is 7.95. The molecule has 2 aromatic rings. The summed E-state index contributed by atoms with van der Waals surface area (Å²) in [5, 5.41) is 18.2. The number of rotatable bonds is 6. The molecule has 4 saturated carbocycles. The zero-order valence-corrected chi connectivity index (χ0v) is 18.0. The Hall–Kier alpha value is -2.67. The lowest BCUT2D eigenvalue weighted by Gasteiger charge is -2.45. The summed E-state index contributed by atoms with van der Waals surface area (Å²) in [5.74, 6) is -2.32. The van der Waals surface area contributed by atoms with Gasteiger partial charge in [-0.1, -0.05) is 30.3 Å². The number of fused-ring (bicyclic) bond motifs is 3. The number of carboxylic acid groups (broad SMARTS) is 1. The second kappa shape index (κ2) is 8.11. The van der Waals surface area contributed by atoms with Gasteiger partial charge in [-0.2, -0.15) is 0 Å². The van der Waals surface area contributed by atoms with Crippen LogP contribution in [0.1, 0.15) is 48.9 Å². The summed E-state index contributed by atoms with van der Waals surface area (Å²) in [6.07, 6.45) is 5.53. The Morgan fingerprint density at radius 3 is 2.16 bits per heavy atom. The number of benzene rings is 1. The zero-order valence-electron chi connectivity index (χ0n) is 17.2. The highest BCUT2D eigenvalue weighted by atomic mass is 32.1. The molecule has 162 valence electrons. The van der Waals surface area contributed by atoms with Gasteiger partial charge >= 0.3 is 5.97 Å². The molecule has 1 heterocycles. The van der Waals surface area contributed by atoms with Crippen molar-refractivity contribution in [3.63, 3.8) is 0 Å². The normalized spacial score (nSPS) is 27.0. The molecule has 31 heavy (non-hydrogen) atoms. The lowest BCUT2D eigenvalue weighted by atomic mass is 9.58. The van der Waals surface area contributed by atoms with Crippen molar-refractivity contribution in [2.24, 2.45) is 23.7 Å². The molecular weight excluding hydrogens is 412 g/mol. The molecule has 4 fully saturated rings. The first kappa shape index (κ1) is 20.2. The highest BCUT2D eigenvalue weighted by Crippen LogP contribution is 2.49. The fourth-order valence-corrected chi connectivity index (χ4v) is 6.34. The van der Waals surface area contributed by atoms with Gasteiger partial charge in [-0.3, -0.25) is 14.4 Å². The first-order valence-corrected chi connectivity index (χ1v) is 11.9. The lowest BCUT2D eigenvalue weighted by Crippen LogP contribution is -2.49. The summed E-state index contributed by atoms with van der Waals surface area (Å²) in [6.45, 7) is 0. The van der Waals surface area contributed by atoms with Gasteiger partial charge in [-0.25, -0.2) is 0 Å². The second-order valence-electron chi connectivity index (χ2n) is 9.02. The summed E-state index contributed by atoms with van der Waals surface area (Å²) >= 11 is 1.33. The molecule has 4 aliphatic rings. The van der Waals surface area contributed by atoms with Crippen molar-refractivity contribution in [2.45, 2.75) is 44.6 Å². The van der Waals surface area contributed by atoms with Crippen molar-refractivity contribution in [2.75, 3.05) is 5.32 Å². The van der Waals surface area contributed by atoms with E-state index in [0.29, 0.717) is 10.6 Å². The van der Waals surface area contributed by atoms with E-state index in [-0.39, 0.29) is 29.7 Å². The summed E-state index contributed by atoms with van der Waals surface area (Å²) in [7, 11) is 0. The molecule has 7 heteroatoms. The van der Waals surface area contributed by atoms with Crippen molar-refractivity contribution in [3.05, 3.63) is 41.3 Å². The molecule has 2 bridgehead atoms. The SMILES string of the molecule is O=C(NC1CC1)c1c(-c2ccccc2)csc1NC(=O)[C@H]1C2CCC(CC2)[C@@H]1C(=O)O. The number of hydrogen-bond acceptors (Lipinski definition) is 4. The zero-order chi connectivity index (χ0) is 21.5. The number of thiophene rings is 1. The summed E-state index contributed by atoms with van der Waals surface area (Å²) in [5.41, 5.74) is 2.18. The smallest absolute Gasteiger partial charge is 0.307 e. The highest BCUT2D eigenvalue weighted by Gasteiger charge is 2.50. The quantitative estimate of drug-likeness (QED) is 0.624. The fraction of sp³-hybridized carbons (Fsp3) is 0.458. The molecule has 1 aromatic heterocycles. The van der Waals surface area contributed by atoms with Crippen LogP contribution in [0.2, 0.25) is 0 Å². The number of anilines is 1. The average Bonchev–Trinajstić information content (AvgIpc) is 3.50. The maximum Gasteiger partial charge on any atom is 0.307 e. The van der Waals surface area contributed by atoms with Gasteiger partial charge < -0.3 is 15.7 Å². The summed E-state index contributed by atoms with van der Waals surface area (Å²) in [4.78, 5) is 38.4. The molecule has 2 atom stereocenters. The van der Waals surface area contributed by atoms with Gasteiger partial charge in [0, 0.05) is 17.0 Å². The molecule has 0 spiro atoms. The maximum atomic E-state index is 13.3. The molecule has 4 aliphatic carbocycles. The monoisotopic (exact) mass is 438 g/mol. The number of amides is 2. The van der Waals surface area contributed by atoms with Crippen LogP contribution in [0.4, 0.5) is 5.00 Å². The van der Waals surface area contributed by atoms with Crippen molar-refractivity contribution in [1.82, 2.24) is 5.32 Å². The van der Waals surface area contributed by atoms with Crippen LogP contribution in [0.5, 0.6) is 0 Å². The highest BCUT2D eigenvalue weighted by molar-refractivity contribution is 7.15. The van der Waals surface area contributed by atoms with Crippen LogP contribution in [0.25, 0.3) is 11.1 Å². The Kier molecular flexibility index (Phi) is 5.30. The van der Waals surface area contributed by atoms with Crippen LogP contribution in [-0.2, 0) is 9.59 Å². The van der Waals surface area contributed by atoms with Crippen molar-refractivity contribution in [1.29, 1.82) is 0 Å². The van der Waals surface area contributed by atoms with Gasteiger partial charge in [0.15, 0.2) is 0 Å². The maximum absolute atomic E-state index is 13.3. The summed E-state index contributed by atoms with van der Waals surface area (Å²) < 4.78 is 0. The molecule has 6 rings (SSSR count). The first-order valence-electron chi connectivity index (χ1n) is 11.0. The number of aliphatic carboxylic acids is 1. The molecule has 3 N–H and O–H groups in total. The predicted octanol–water partition coefficient (Wildman–Crippen LogP) is 4.38. The van der Waals surface area contributed by atoms with E-state index in [0.717, 1.165) is 49.7 Å². The Labute approximate surface area is 185 Å². The third kappa shape index (κ3) is 3.87. The van der Waals surface area contributed by atoms with Crippen LogP contribution in [0.3, 0.4) is 0 Å². The Balaban J connectivity index is 1.45. The number of carboxylic acids is 1. The molecule has 0 aliphatic heterocycles. The molecule has 0 radical (unpaired) electrons. The molecule has 1 aromatic carbocycles. The van der Waals surface area contributed by atoms with Crippen molar-refractivity contribution < 1.29 is 19.5 Å². The van der Waals surface area contributed by atoms with E-state index < -0.39 is 17.8 Å². The van der Waals surface area contributed by atoms with E-state index in [1.807, 2.05) is 35.7 Å². The summed E-state index contributed by atoms with van der Waals surface area (Å²) in [6, 6.07) is 9.86. The number of carbonyl (C=O) groups excluding carboxylic acids is 2. The van der Waals surface area contributed by atoms with E-state index in [1.54, 1.807) is 0 Å². The van der Waals surface area contributed by atoms with Crippen molar-refractivity contribution >= 4 is 34.1 Å². The second-order valence-corrected chi connectivity index (χ2v) is 9.90. The minimum Gasteiger partial charge on any atom is -0.481 e. The molecule has 6 nitrogen and oxygen atoms in total. The van der Waals surface area contributed by atoms with Gasteiger partial charge in [0.2, 0.25) is 5.91 Å². The predicted molar refractivity (Wildman–Crippen MR) is 119 cm³/mol. The van der Waals surface area contributed by atoms with E-state index in [1.165, 1.54) is 11.3 Å². The third-order valence-electron chi connectivity index (χ3n) is 7.06. The van der Waals surface area contributed by atoms with E-state index in [4.69, 9.17) is 0 Å². The van der Waals surface area contributed by atoms with Gasteiger partial charge in [0.05, 0.1) is 17.4 Å². The van der Waals surface area contributed by atoms with Crippen LogP contribution >= 0.6 is 11.3 Å². The molecule has 0 unspecified atom stereocenters. The van der Waals surface area contributed by atoms with Crippen LogP contribution in [0.15, 0.2) is 35.7 Å². The number of nitrogens with one attached hydrogen (secondary N) is 2. The average molecular weight is 439 g/mol. The lowest BCUT2D eigenvalue weighted by molar-refractivity contribution is -0.156. The van der Waals surface area contributed by atoms with Gasteiger partial charge in [0.1, 0.15) is 5.00 Å². The van der Waals surface area contributed by atoms with Crippen LogP contribution < -0.4 is 10.6 Å². The standard InChI is InChI=1S/C24H26N2O4S/c27-21(18-14-6-8-15(9-7-14)19(18)24(29)30)26-23-20(22(28)25-16-10-11-16)17(12-31-23)13-4-2-1-3-5-13/h1-5,12,14-16,18-19H,6-11H2,(H,25,28)(H,26,27)(H,29,30)/t14?,15?,18-,19-/m0/s1. The van der Waals surface area contributed by atoms with Crippen LogP contribution in [-0.4, -0.2) is 28.9 Å². The number of carbonyl (C=O) groups is 3. The molecule has 2 amide bonds. The largest absolute Gasteiger partial charge is 0.481 e. The molecular formula is C24H26N2O4S. The van der Waals surface area contributed by atoms with E-state index >= 15 is 0 Å². The minimum atomic E-state index is -0.877. The Bertz CT molecular complexity index is 1010. The van der Waals surface area contributed by atoms with Gasteiger partial charge in [-0.05, 0) is 55.9 Å². The first-order chi connectivity index (χ1) is 15.0. The van der Waals surface area contributed by atoms with E-state index in [2.05, 4.69) is 10.6 Å². The van der Waals surface area contributed by atoms with Crippen LogP contribution in [0, 0.1) is 23.7 Å². The molecule has 0 saturated heterocycles. The van der Waals surface area contributed by atoms with Gasteiger partial charge in [0.25, 0.3) is 5.91 Å². The number of hydrogen-bond donors (Lipinski definition) is 3. The Morgan fingerprint density at radius 1 is 0.903 bits per heavy atom. The van der Waals surface area contributed by atoms with Crippen molar-refractivity contribution in [3.8, 4) is 11.1 Å². The Morgan fingerprint density at radius 2 is 1.55 bits per heavy atom. The topological polar surface area (TPSA) is 95.5 Å². The minimum absolute atomic E-state index is 0.0686. The fourth-order valence-electron chi connectivity index (χ4n) is 5.37. The van der Waals surface area contributed by atoms with E-state index in [9.17, 15) is 19.5 Å². The van der Waals surface area contributed by atoms with Gasteiger partial charge in [-0.15, -0.1) is 11.3 Å².